The Morgan fingerprint density at radius 3 is 1.77 bits per heavy atom. The fourth-order valence-electron chi connectivity index (χ4n) is 5.55. The van der Waals surface area contributed by atoms with Gasteiger partial charge in [0.25, 0.3) is 0 Å². The van der Waals surface area contributed by atoms with Gasteiger partial charge in [-0.2, -0.15) is 0 Å². The normalized spacial score (nSPS) is 20.4. The van der Waals surface area contributed by atoms with Crippen molar-refractivity contribution in [1.82, 2.24) is 0 Å². The SMILES string of the molecule is [2H]c1c([2H])c([2H])c2c(c1[2H])Sc1c([2H])c([2H])c(-c3c([2H])c([2H])c4c([2H])c([2H])c(-c5c([2H])c([2H])c6c([2H])c([2H])c7c([2H])c([2H])c([2H])c8c([2H])c([2H])c5c6c78)c([2H])c4c3[2H])c3c([2H])c([2H])c([2H])c-2c13. The molecule has 9 aromatic carbocycles. The second-order valence-electron chi connectivity index (χ2n) is 9.76. The molecule has 0 aromatic heterocycles. The smallest absolute Gasteiger partial charge is 0.0636 e. The van der Waals surface area contributed by atoms with Gasteiger partial charge in [0.05, 0.1) is 32.9 Å². The van der Waals surface area contributed by atoms with E-state index in [0.717, 1.165) is 0 Å². The Labute approximate surface area is 287 Å². The van der Waals surface area contributed by atoms with Crippen LogP contribution in [0.15, 0.2) is 155 Å². The summed E-state index contributed by atoms with van der Waals surface area (Å²) in [7, 11) is 0. The molecule has 1 heteroatoms. The molecule has 198 valence electrons. The van der Waals surface area contributed by atoms with E-state index in [2.05, 4.69) is 0 Å². The second-order valence-corrected chi connectivity index (χ2v) is 10.8. The first-order valence-corrected chi connectivity index (χ1v) is 13.7. The molecule has 0 amide bonds. The van der Waals surface area contributed by atoms with Crippen LogP contribution in [0.25, 0.3) is 87.2 Å². The van der Waals surface area contributed by atoms with E-state index in [1.165, 1.54) is 0 Å². The van der Waals surface area contributed by atoms with Crippen molar-refractivity contribution in [1.29, 1.82) is 0 Å². The molecular weight excluding hydrogens is 537 g/mol. The molecule has 0 nitrogen and oxygen atoms in total. The van der Waals surface area contributed by atoms with E-state index < -0.39 is 194 Å². The van der Waals surface area contributed by atoms with Crippen LogP contribution in [-0.2, 0) is 0 Å². The predicted octanol–water partition coefficient (Wildman–Crippen LogP) is 12.4. The van der Waals surface area contributed by atoms with E-state index >= 15 is 0 Å². The molecule has 0 bridgehead atoms. The van der Waals surface area contributed by atoms with Crippen LogP contribution >= 0.6 is 11.8 Å². The first-order valence-electron chi connectivity index (χ1n) is 24.9. The molecule has 1 heterocycles. The third-order valence-corrected chi connectivity index (χ3v) is 8.47. The molecule has 0 saturated carbocycles. The highest BCUT2D eigenvalue weighted by molar-refractivity contribution is 7.99. The number of benzene rings is 9. The van der Waals surface area contributed by atoms with Crippen molar-refractivity contribution >= 4 is 65.6 Å². The molecule has 0 radical (unpaired) electrons. The molecule has 43 heavy (non-hydrogen) atoms. The minimum absolute atomic E-state index is 0.113. The fourth-order valence-corrected chi connectivity index (χ4v) is 6.52. The minimum atomic E-state index is -0.888. The first kappa shape index (κ1) is 10.3. The van der Waals surface area contributed by atoms with Gasteiger partial charge in [0.2, 0.25) is 0 Å². The van der Waals surface area contributed by atoms with E-state index in [9.17, 15) is 13.7 Å². The standard InChI is InChI=1S/C42H24S/c1-2-10-38-34(7-1)36-9-4-8-35-33(21-22-39(43-38)42(35)36)30-16-12-25-11-15-29(23-31(25)24-30)32-19-17-28-14-13-26-5-3-6-27-18-20-37(32)41(28)40(26)27/h1-24H/i1D,2D,3D,4D,5D,6D,7D,8D,9D,10D,11D,12D,13D,14D,15D,16D,17D,18D,19D,20D,21D,22D,23D,24D. The van der Waals surface area contributed by atoms with E-state index in [1.807, 2.05) is 0 Å². The van der Waals surface area contributed by atoms with Gasteiger partial charge in [0, 0.05) is 15.2 Å². The lowest BCUT2D eigenvalue weighted by atomic mass is 9.89. The quantitative estimate of drug-likeness (QED) is 0.182. The van der Waals surface area contributed by atoms with Crippen LogP contribution in [-0.4, -0.2) is 0 Å². The number of hydrogen-bond acceptors (Lipinski definition) is 1. The van der Waals surface area contributed by atoms with Gasteiger partial charge in [-0.3, -0.25) is 0 Å². The molecule has 9 aromatic rings. The van der Waals surface area contributed by atoms with E-state index in [-0.39, 0.29) is 47.8 Å². The highest BCUT2D eigenvalue weighted by atomic mass is 32.2. The minimum Gasteiger partial charge on any atom is -0.0888 e. The Hall–Kier alpha value is -5.11. The lowest BCUT2D eigenvalue weighted by Gasteiger charge is -2.21. The average Bonchev–Trinajstić information content (AvgIpc) is 3.29. The van der Waals surface area contributed by atoms with Gasteiger partial charge in [-0.1, -0.05) is 133 Å². The number of rotatable bonds is 2. The van der Waals surface area contributed by atoms with Crippen molar-refractivity contribution in [2.45, 2.75) is 9.79 Å². The van der Waals surface area contributed by atoms with Crippen molar-refractivity contribution in [3.05, 3.63) is 145 Å². The molecule has 0 fully saturated rings. The summed E-state index contributed by atoms with van der Waals surface area (Å²) in [4.78, 5) is -0.247. The Morgan fingerprint density at radius 2 is 0.953 bits per heavy atom. The second kappa shape index (κ2) is 8.70. The van der Waals surface area contributed by atoms with E-state index in [1.54, 1.807) is 0 Å². The summed E-state index contributed by atoms with van der Waals surface area (Å²) >= 11 is 0.671. The average molecular weight is 585 g/mol. The van der Waals surface area contributed by atoms with Crippen LogP contribution < -0.4 is 0 Å². The van der Waals surface area contributed by atoms with Crippen LogP contribution in [0.1, 0.15) is 32.9 Å². The molecule has 0 spiro atoms. The van der Waals surface area contributed by atoms with Gasteiger partial charge in [-0.15, -0.1) is 0 Å². The van der Waals surface area contributed by atoms with Gasteiger partial charge in [-0.25, -0.2) is 0 Å². The monoisotopic (exact) mass is 584 g/mol. The highest BCUT2D eigenvalue weighted by Gasteiger charge is 2.20. The topological polar surface area (TPSA) is 0 Å². The number of hydrogen-bond donors (Lipinski definition) is 0. The van der Waals surface area contributed by atoms with Crippen molar-refractivity contribution in [2.24, 2.45) is 0 Å². The lowest BCUT2D eigenvalue weighted by Crippen LogP contribution is -1.94. The Morgan fingerprint density at radius 1 is 0.349 bits per heavy atom. The Kier molecular flexibility index (Phi) is 2.08. The largest absolute Gasteiger partial charge is 0.0888 e. The predicted molar refractivity (Wildman–Crippen MR) is 186 cm³/mol. The molecule has 0 atom stereocenters. The van der Waals surface area contributed by atoms with Gasteiger partial charge in [0.15, 0.2) is 0 Å². The van der Waals surface area contributed by atoms with E-state index in [0.29, 0.717) is 11.8 Å². The van der Waals surface area contributed by atoms with Gasteiger partial charge in [0.1, 0.15) is 0 Å². The van der Waals surface area contributed by atoms with Crippen molar-refractivity contribution < 1.29 is 32.9 Å². The summed E-state index contributed by atoms with van der Waals surface area (Å²) in [5.41, 5.74) is -3.02. The maximum Gasteiger partial charge on any atom is 0.0636 e. The van der Waals surface area contributed by atoms with Crippen molar-refractivity contribution in [2.75, 3.05) is 0 Å². The van der Waals surface area contributed by atoms with Gasteiger partial charge >= 0.3 is 0 Å². The lowest BCUT2D eigenvalue weighted by molar-refractivity contribution is 1.40. The molecule has 0 aliphatic carbocycles. The summed E-state index contributed by atoms with van der Waals surface area (Å²) in [5, 5.41) is -3.88. The van der Waals surface area contributed by atoms with E-state index in [4.69, 9.17) is 19.2 Å². The van der Waals surface area contributed by atoms with Gasteiger partial charge < -0.3 is 0 Å². The summed E-state index contributed by atoms with van der Waals surface area (Å²) < 4.78 is 216. The molecule has 0 N–H and O–H groups in total. The Bertz CT molecular complexity index is 3910. The fraction of sp³-hybridized carbons (Fsp3) is 0. The molecule has 10 rings (SSSR count). The molecule has 0 saturated heterocycles. The zero-order valence-corrected chi connectivity index (χ0v) is 22.2. The summed E-state index contributed by atoms with van der Waals surface area (Å²) in [6.07, 6.45) is 0. The highest BCUT2D eigenvalue weighted by Crippen LogP contribution is 2.49. The van der Waals surface area contributed by atoms with Crippen molar-refractivity contribution in [3.8, 4) is 33.4 Å². The van der Waals surface area contributed by atoms with Crippen molar-refractivity contribution in [3.63, 3.8) is 0 Å². The first-order chi connectivity index (χ1) is 31.3. The molecule has 1 aliphatic rings. The number of fused-ring (bicyclic) bond motifs is 3. The summed E-state index contributed by atoms with van der Waals surface area (Å²) in [5.74, 6) is 0. The Balaban J connectivity index is 1.40. The molecule has 0 unspecified atom stereocenters. The van der Waals surface area contributed by atoms with Crippen LogP contribution in [0.3, 0.4) is 0 Å². The van der Waals surface area contributed by atoms with Crippen LogP contribution in [0.5, 0.6) is 0 Å². The van der Waals surface area contributed by atoms with Crippen LogP contribution in [0.4, 0.5) is 0 Å². The summed E-state index contributed by atoms with van der Waals surface area (Å²) in [6.45, 7) is 0. The third-order valence-electron chi connectivity index (χ3n) is 7.45. The van der Waals surface area contributed by atoms with Crippen LogP contribution in [0, 0.1) is 0 Å². The molecular formula is C42H24S. The third kappa shape index (κ3) is 3.34. The zero-order chi connectivity index (χ0) is 49.0. The summed E-state index contributed by atoms with van der Waals surface area (Å²) in [6, 6.07) is -17.7. The maximum atomic E-state index is 9.69. The van der Waals surface area contributed by atoms with Crippen LogP contribution in [0.2, 0.25) is 0 Å². The zero-order valence-electron chi connectivity index (χ0n) is 45.4. The van der Waals surface area contributed by atoms with Gasteiger partial charge in [-0.05, 0) is 106 Å². The molecule has 1 aliphatic heterocycles. The maximum absolute atomic E-state index is 9.69.